The van der Waals surface area contributed by atoms with Crippen LogP contribution >= 0.6 is 0 Å². The molecule has 1 N–H and O–H groups in total. The Labute approximate surface area is 110 Å². The van der Waals surface area contributed by atoms with Crippen molar-refractivity contribution in [3.63, 3.8) is 0 Å². The number of benzene rings is 1. The monoisotopic (exact) mass is 265 g/mol. The molecule has 1 atom stereocenters. The number of hydrogen-bond donors (Lipinski definition) is 1. The van der Waals surface area contributed by atoms with Gasteiger partial charge in [-0.05, 0) is 31.0 Å². The predicted octanol–water partition coefficient (Wildman–Crippen LogP) is 2.33. The third-order valence-electron chi connectivity index (χ3n) is 2.55. The minimum absolute atomic E-state index is 0.254. The average Bonchev–Trinajstić information content (AvgIpc) is 2.29. The van der Waals surface area contributed by atoms with E-state index in [9.17, 15) is 8.42 Å². The summed E-state index contributed by atoms with van der Waals surface area (Å²) in [4.78, 5) is 0.284. The summed E-state index contributed by atoms with van der Waals surface area (Å²) in [5, 5.41) is 0. The van der Waals surface area contributed by atoms with Gasteiger partial charge >= 0.3 is 0 Å². The highest BCUT2D eigenvalue weighted by molar-refractivity contribution is 7.89. The van der Waals surface area contributed by atoms with Crippen molar-refractivity contribution in [1.29, 1.82) is 0 Å². The van der Waals surface area contributed by atoms with Crippen molar-refractivity contribution in [3.05, 3.63) is 29.8 Å². The molecule has 1 aromatic rings. The van der Waals surface area contributed by atoms with Crippen LogP contribution in [0.4, 0.5) is 0 Å². The quantitative estimate of drug-likeness (QED) is 0.802. The van der Waals surface area contributed by atoms with Crippen molar-refractivity contribution in [2.75, 3.05) is 0 Å². The maximum Gasteiger partial charge on any atom is 0.240 e. The molecule has 0 heterocycles. The molecule has 18 heavy (non-hydrogen) atoms. The van der Waals surface area contributed by atoms with Crippen LogP contribution in [0.25, 0.3) is 0 Å². The van der Waals surface area contributed by atoms with E-state index in [4.69, 9.17) is 6.42 Å². The van der Waals surface area contributed by atoms with Crippen LogP contribution < -0.4 is 4.72 Å². The Kier molecular flexibility index (Phi) is 5.39. The summed E-state index contributed by atoms with van der Waals surface area (Å²) in [7, 11) is -3.46. The van der Waals surface area contributed by atoms with E-state index in [2.05, 4.69) is 17.6 Å². The van der Waals surface area contributed by atoms with Crippen molar-refractivity contribution in [2.45, 2.75) is 44.0 Å². The Hall–Kier alpha value is -1.31. The van der Waals surface area contributed by atoms with Crippen LogP contribution in [0.15, 0.2) is 29.2 Å². The molecule has 0 radical (unpaired) electrons. The van der Waals surface area contributed by atoms with E-state index in [1.54, 1.807) is 19.1 Å². The minimum atomic E-state index is -3.46. The third-order valence-corrected chi connectivity index (χ3v) is 4.16. The van der Waals surface area contributed by atoms with E-state index in [0.29, 0.717) is 6.42 Å². The molecular formula is C14H19NO2S. The molecule has 0 aliphatic carbocycles. The van der Waals surface area contributed by atoms with Gasteiger partial charge < -0.3 is 0 Å². The first kappa shape index (κ1) is 14.7. The lowest BCUT2D eigenvalue weighted by atomic mass is 10.1. The van der Waals surface area contributed by atoms with Crippen LogP contribution in [0.1, 0.15) is 32.3 Å². The smallest absolute Gasteiger partial charge is 0.207 e. The summed E-state index contributed by atoms with van der Waals surface area (Å²) in [6, 6.07) is 6.72. The van der Waals surface area contributed by atoms with Crippen molar-refractivity contribution < 1.29 is 8.42 Å². The standard InChI is InChI=1S/C14H19NO2S/c1-4-6-12(3)15-18(16,17)14-10-8-13(7-5-2)9-11-14/h1,8-12,15H,5-7H2,2-3H3. The summed E-state index contributed by atoms with van der Waals surface area (Å²) in [5.41, 5.74) is 1.15. The largest absolute Gasteiger partial charge is 0.240 e. The summed E-state index contributed by atoms with van der Waals surface area (Å²) < 4.78 is 26.6. The Balaban J connectivity index is 2.82. The molecule has 3 nitrogen and oxygen atoms in total. The van der Waals surface area contributed by atoms with E-state index in [1.165, 1.54) is 0 Å². The van der Waals surface area contributed by atoms with Gasteiger partial charge in [0.2, 0.25) is 10.0 Å². The van der Waals surface area contributed by atoms with Gasteiger partial charge in [-0.3, -0.25) is 0 Å². The van der Waals surface area contributed by atoms with E-state index >= 15 is 0 Å². The third kappa shape index (κ3) is 4.17. The molecule has 98 valence electrons. The van der Waals surface area contributed by atoms with E-state index in [0.717, 1.165) is 18.4 Å². The van der Waals surface area contributed by atoms with Crippen LogP contribution in [-0.2, 0) is 16.4 Å². The summed E-state index contributed by atoms with van der Waals surface area (Å²) >= 11 is 0. The van der Waals surface area contributed by atoms with Crippen LogP contribution in [0.5, 0.6) is 0 Å². The lowest BCUT2D eigenvalue weighted by Gasteiger charge is -2.12. The van der Waals surface area contributed by atoms with Crippen molar-refractivity contribution in [3.8, 4) is 12.3 Å². The molecular weight excluding hydrogens is 246 g/mol. The number of rotatable bonds is 6. The highest BCUT2D eigenvalue weighted by Crippen LogP contribution is 2.12. The van der Waals surface area contributed by atoms with Gasteiger partial charge in [0.25, 0.3) is 0 Å². The highest BCUT2D eigenvalue weighted by Gasteiger charge is 2.16. The molecule has 1 unspecified atom stereocenters. The Morgan fingerprint density at radius 2 is 1.94 bits per heavy atom. The van der Waals surface area contributed by atoms with Crippen LogP contribution in [-0.4, -0.2) is 14.5 Å². The summed E-state index contributed by atoms with van der Waals surface area (Å²) in [5.74, 6) is 2.44. The Bertz CT molecular complexity index is 512. The second-order valence-electron chi connectivity index (χ2n) is 4.32. The van der Waals surface area contributed by atoms with Gasteiger partial charge in [0, 0.05) is 12.5 Å². The predicted molar refractivity (Wildman–Crippen MR) is 73.7 cm³/mol. The van der Waals surface area contributed by atoms with Gasteiger partial charge in [-0.15, -0.1) is 12.3 Å². The fourth-order valence-electron chi connectivity index (χ4n) is 1.68. The van der Waals surface area contributed by atoms with Crippen LogP contribution in [0.2, 0.25) is 0 Å². The second kappa shape index (κ2) is 6.58. The second-order valence-corrected chi connectivity index (χ2v) is 6.04. The molecule has 0 aliphatic heterocycles. The zero-order valence-corrected chi connectivity index (χ0v) is 11.6. The highest BCUT2D eigenvalue weighted by atomic mass is 32.2. The van der Waals surface area contributed by atoms with Gasteiger partial charge in [0.05, 0.1) is 4.90 Å². The number of sulfonamides is 1. The number of nitrogens with one attached hydrogen (secondary N) is 1. The molecule has 0 fully saturated rings. The zero-order valence-electron chi connectivity index (χ0n) is 10.8. The molecule has 4 heteroatoms. The first-order valence-corrected chi connectivity index (χ1v) is 7.52. The zero-order chi connectivity index (χ0) is 13.6. The van der Waals surface area contributed by atoms with Gasteiger partial charge in [0.1, 0.15) is 0 Å². The first-order valence-electron chi connectivity index (χ1n) is 6.04. The minimum Gasteiger partial charge on any atom is -0.207 e. The topological polar surface area (TPSA) is 46.2 Å². The number of hydrogen-bond acceptors (Lipinski definition) is 2. The molecule has 0 saturated heterocycles. The molecule has 0 aliphatic rings. The SMILES string of the molecule is C#CCC(C)NS(=O)(=O)c1ccc(CCC)cc1. The lowest BCUT2D eigenvalue weighted by molar-refractivity contribution is 0.563. The lowest BCUT2D eigenvalue weighted by Crippen LogP contribution is -2.32. The maximum absolute atomic E-state index is 12.0. The van der Waals surface area contributed by atoms with E-state index < -0.39 is 10.0 Å². The van der Waals surface area contributed by atoms with E-state index in [1.807, 2.05) is 12.1 Å². The molecule has 0 amide bonds. The Morgan fingerprint density at radius 3 is 2.44 bits per heavy atom. The summed E-state index contributed by atoms with van der Waals surface area (Å²) in [6.45, 7) is 3.84. The van der Waals surface area contributed by atoms with Crippen molar-refractivity contribution in [1.82, 2.24) is 4.72 Å². The first-order chi connectivity index (χ1) is 8.49. The van der Waals surface area contributed by atoms with Gasteiger partial charge in [-0.2, -0.15) is 0 Å². The van der Waals surface area contributed by atoms with Gasteiger partial charge in [-0.25, -0.2) is 13.1 Å². The normalized spacial score (nSPS) is 12.9. The maximum atomic E-state index is 12.0. The molecule has 0 spiro atoms. The molecule has 0 aromatic heterocycles. The molecule has 0 saturated carbocycles. The molecule has 1 rings (SSSR count). The van der Waals surface area contributed by atoms with E-state index in [-0.39, 0.29) is 10.9 Å². The van der Waals surface area contributed by atoms with Crippen LogP contribution in [0.3, 0.4) is 0 Å². The number of aryl methyl sites for hydroxylation is 1. The Morgan fingerprint density at radius 1 is 1.33 bits per heavy atom. The fraction of sp³-hybridized carbons (Fsp3) is 0.429. The van der Waals surface area contributed by atoms with Crippen molar-refractivity contribution in [2.24, 2.45) is 0 Å². The summed E-state index contributed by atoms with van der Waals surface area (Å²) in [6.07, 6.45) is 7.54. The van der Waals surface area contributed by atoms with Crippen LogP contribution in [0, 0.1) is 12.3 Å². The molecule has 1 aromatic carbocycles. The van der Waals surface area contributed by atoms with Gasteiger partial charge in [0.15, 0.2) is 0 Å². The van der Waals surface area contributed by atoms with Gasteiger partial charge in [-0.1, -0.05) is 25.5 Å². The number of terminal acetylenes is 1. The fourth-order valence-corrected chi connectivity index (χ4v) is 2.92. The van der Waals surface area contributed by atoms with Crippen molar-refractivity contribution >= 4 is 10.0 Å². The molecule has 0 bridgehead atoms. The average molecular weight is 265 g/mol.